The number of ether oxygens (including phenoxy) is 1. The van der Waals surface area contributed by atoms with E-state index in [1.165, 1.54) is 4.57 Å². The van der Waals surface area contributed by atoms with Crippen LogP contribution in [0.15, 0.2) is 15.5 Å². The van der Waals surface area contributed by atoms with Gasteiger partial charge in [-0.2, -0.15) is 5.10 Å². The first kappa shape index (κ1) is 18.6. The summed E-state index contributed by atoms with van der Waals surface area (Å²) >= 11 is 3.39. The molecule has 26 heavy (non-hydrogen) atoms. The van der Waals surface area contributed by atoms with Gasteiger partial charge in [-0.05, 0) is 36.7 Å². The maximum atomic E-state index is 12.6. The number of hydrogen-bond acceptors (Lipinski definition) is 6. The number of aromatic nitrogens is 4. The van der Waals surface area contributed by atoms with Crippen LogP contribution in [0.5, 0.6) is 5.75 Å². The number of aryl methyl sites for hydroxylation is 1. The van der Waals surface area contributed by atoms with Crippen molar-refractivity contribution in [2.45, 2.75) is 46.0 Å². The molecule has 0 radical (unpaired) electrons. The smallest absolute Gasteiger partial charge is 0.296 e. The number of fused-ring (bicyclic) bond motifs is 1. The van der Waals surface area contributed by atoms with Crippen LogP contribution in [0.25, 0.3) is 0 Å². The topological polar surface area (TPSA) is 111 Å². The summed E-state index contributed by atoms with van der Waals surface area (Å²) in [5.74, 6) is -0.983. The minimum atomic E-state index is -0.829. The first-order valence-corrected chi connectivity index (χ1v) is 9.02. The van der Waals surface area contributed by atoms with Crippen LogP contribution in [-0.2, 0) is 30.0 Å². The summed E-state index contributed by atoms with van der Waals surface area (Å²) in [6.07, 6.45) is 1.64. The zero-order chi connectivity index (χ0) is 19.1. The van der Waals surface area contributed by atoms with Gasteiger partial charge in [0.25, 0.3) is 11.5 Å². The highest BCUT2D eigenvalue weighted by Gasteiger charge is 2.34. The van der Waals surface area contributed by atoms with Crippen LogP contribution in [0.2, 0.25) is 0 Å². The van der Waals surface area contributed by atoms with Gasteiger partial charge in [0.15, 0.2) is 5.69 Å². The molecule has 0 aliphatic carbocycles. The van der Waals surface area contributed by atoms with Crippen LogP contribution in [0.4, 0.5) is 0 Å². The molecule has 1 aliphatic rings. The van der Waals surface area contributed by atoms with E-state index in [1.54, 1.807) is 24.7 Å². The number of amides is 1. The van der Waals surface area contributed by atoms with Gasteiger partial charge in [-0.1, -0.05) is 0 Å². The Hall–Kier alpha value is -2.20. The van der Waals surface area contributed by atoms with Crippen molar-refractivity contribution in [3.8, 4) is 5.75 Å². The Kier molecular flexibility index (Phi) is 4.89. The van der Waals surface area contributed by atoms with E-state index in [-0.39, 0.29) is 18.8 Å². The van der Waals surface area contributed by atoms with Gasteiger partial charge in [-0.15, -0.1) is 0 Å². The Morgan fingerprint density at radius 1 is 1.50 bits per heavy atom. The summed E-state index contributed by atoms with van der Waals surface area (Å²) < 4.78 is 9.47. The molecule has 0 atom stereocenters. The second-order valence-electron chi connectivity index (χ2n) is 6.39. The molecule has 0 fully saturated rings. The maximum absolute atomic E-state index is 12.6. The predicted molar refractivity (Wildman–Crippen MR) is 95.9 cm³/mol. The molecule has 140 valence electrons. The zero-order valence-electron chi connectivity index (χ0n) is 14.7. The molecule has 2 aromatic heterocycles. The highest BCUT2D eigenvalue weighted by atomic mass is 79.9. The van der Waals surface area contributed by atoms with Gasteiger partial charge in [-0.3, -0.25) is 18.8 Å². The molecule has 3 rings (SSSR count). The molecule has 0 bridgehead atoms. The fraction of sp³-hybridized carbons (Fsp3) is 0.500. The van der Waals surface area contributed by atoms with Crippen LogP contribution in [0, 0.1) is 0 Å². The van der Waals surface area contributed by atoms with Gasteiger partial charge in [0, 0.05) is 6.54 Å². The molecule has 2 N–H and O–H groups in total. The van der Waals surface area contributed by atoms with E-state index in [9.17, 15) is 14.7 Å². The molecule has 1 amide bonds. The second-order valence-corrected chi connectivity index (χ2v) is 7.24. The summed E-state index contributed by atoms with van der Waals surface area (Å²) in [5.41, 5.74) is -1.00. The number of nitrogens with zero attached hydrogens (tertiary/aromatic N) is 4. The third-order valence-electron chi connectivity index (χ3n) is 4.29. The highest BCUT2D eigenvalue weighted by molar-refractivity contribution is 9.10. The quantitative estimate of drug-likeness (QED) is 0.758. The maximum Gasteiger partial charge on any atom is 0.296 e. The summed E-state index contributed by atoms with van der Waals surface area (Å²) in [4.78, 5) is 29.2. The van der Waals surface area contributed by atoms with E-state index in [2.05, 4.69) is 31.3 Å². The number of halogens is 1. The van der Waals surface area contributed by atoms with E-state index in [4.69, 9.17) is 4.74 Å². The standard InChI is InChI=1S/C16H20BrN5O4/c1-4-22-10(9(17)7-19-22)8-18-13(24)11-12(23)14(25)21-5-6-26-16(2,3)15(21)20-11/h7,23H,4-6,8H2,1-3H3,(H,18,24). The Bertz CT molecular complexity index is 918. The molecule has 0 unspecified atom stereocenters. The molecule has 3 heterocycles. The average molecular weight is 426 g/mol. The lowest BCUT2D eigenvalue weighted by Gasteiger charge is -2.32. The number of carbonyl (C=O) groups is 1. The minimum Gasteiger partial charge on any atom is -0.501 e. The number of rotatable bonds is 4. The minimum absolute atomic E-state index is 0.173. The average Bonchev–Trinajstić information content (AvgIpc) is 2.95. The zero-order valence-corrected chi connectivity index (χ0v) is 16.3. The van der Waals surface area contributed by atoms with Gasteiger partial charge in [0.1, 0.15) is 11.4 Å². The summed E-state index contributed by atoms with van der Waals surface area (Å²) in [5, 5.41) is 17.0. The molecular weight excluding hydrogens is 406 g/mol. The van der Waals surface area contributed by atoms with E-state index in [0.29, 0.717) is 19.0 Å². The normalized spacial score (nSPS) is 15.5. The first-order valence-electron chi connectivity index (χ1n) is 8.23. The molecule has 0 spiro atoms. The molecular formula is C16H20BrN5O4. The van der Waals surface area contributed by atoms with E-state index in [0.717, 1.165) is 10.2 Å². The molecule has 0 saturated heterocycles. The number of carbonyl (C=O) groups excluding carboxylic acids is 1. The van der Waals surface area contributed by atoms with E-state index >= 15 is 0 Å². The van der Waals surface area contributed by atoms with Crippen molar-refractivity contribution in [3.05, 3.63) is 38.2 Å². The van der Waals surface area contributed by atoms with Gasteiger partial charge < -0.3 is 15.2 Å². The van der Waals surface area contributed by atoms with Crippen LogP contribution < -0.4 is 10.9 Å². The third-order valence-corrected chi connectivity index (χ3v) is 4.95. The van der Waals surface area contributed by atoms with Gasteiger partial charge in [0.05, 0.1) is 36.1 Å². The first-order chi connectivity index (χ1) is 12.3. The van der Waals surface area contributed by atoms with Crippen LogP contribution in [0.3, 0.4) is 0 Å². The summed E-state index contributed by atoms with van der Waals surface area (Å²) in [6, 6.07) is 0. The van der Waals surface area contributed by atoms with Crippen molar-refractivity contribution >= 4 is 21.8 Å². The van der Waals surface area contributed by atoms with Crippen LogP contribution in [-0.4, -0.2) is 37.0 Å². The van der Waals surface area contributed by atoms with Gasteiger partial charge in [-0.25, -0.2) is 4.98 Å². The predicted octanol–water partition coefficient (Wildman–Crippen LogP) is 1.12. The SMILES string of the molecule is CCn1ncc(Br)c1CNC(=O)c1nc2n(c(=O)c1O)CCOC2(C)C. The fourth-order valence-electron chi connectivity index (χ4n) is 2.91. The lowest BCUT2D eigenvalue weighted by molar-refractivity contribution is -0.0566. The Balaban J connectivity index is 1.92. The molecule has 2 aromatic rings. The Labute approximate surface area is 158 Å². The van der Waals surface area contributed by atoms with Crippen molar-refractivity contribution in [1.82, 2.24) is 24.6 Å². The van der Waals surface area contributed by atoms with E-state index < -0.39 is 22.8 Å². The molecule has 0 saturated carbocycles. The summed E-state index contributed by atoms with van der Waals surface area (Å²) in [7, 11) is 0. The van der Waals surface area contributed by atoms with Crippen molar-refractivity contribution in [1.29, 1.82) is 0 Å². The lowest BCUT2D eigenvalue weighted by Crippen LogP contribution is -2.42. The van der Waals surface area contributed by atoms with Crippen molar-refractivity contribution in [2.24, 2.45) is 0 Å². The van der Waals surface area contributed by atoms with Crippen LogP contribution in [0.1, 0.15) is 42.8 Å². The summed E-state index contributed by atoms with van der Waals surface area (Å²) in [6.45, 7) is 6.90. The molecule has 0 aromatic carbocycles. The fourth-order valence-corrected chi connectivity index (χ4v) is 3.35. The monoisotopic (exact) mass is 425 g/mol. The van der Waals surface area contributed by atoms with Crippen molar-refractivity contribution in [3.63, 3.8) is 0 Å². The molecule has 9 nitrogen and oxygen atoms in total. The third kappa shape index (κ3) is 3.14. The molecule has 10 heteroatoms. The number of aromatic hydroxyl groups is 1. The largest absolute Gasteiger partial charge is 0.501 e. The van der Waals surface area contributed by atoms with Crippen molar-refractivity contribution in [2.75, 3.05) is 6.61 Å². The number of hydrogen-bond donors (Lipinski definition) is 2. The second kappa shape index (κ2) is 6.84. The molecule has 1 aliphatic heterocycles. The van der Waals surface area contributed by atoms with E-state index in [1.807, 2.05) is 6.92 Å². The Morgan fingerprint density at radius 2 is 2.23 bits per heavy atom. The van der Waals surface area contributed by atoms with Crippen molar-refractivity contribution < 1.29 is 14.6 Å². The number of nitrogens with one attached hydrogen (secondary N) is 1. The van der Waals surface area contributed by atoms with Gasteiger partial charge in [0.2, 0.25) is 5.75 Å². The lowest BCUT2D eigenvalue weighted by atomic mass is 10.1. The Morgan fingerprint density at radius 3 is 2.92 bits per heavy atom. The highest BCUT2D eigenvalue weighted by Crippen LogP contribution is 2.27. The van der Waals surface area contributed by atoms with Gasteiger partial charge >= 0.3 is 0 Å². The van der Waals surface area contributed by atoms with Crippen LogP contribution >= 0.6 is 15.9 Å².